The molecule has 0 aromatic carbocycles. The molecule has 1 fully saturated rings. The summed E-state index contributed by atoms with van der Waals surface area (Å²) in [6.07, 6.45) is 7.32. The summed E-state index contributed by atoms with van der Waals surface area (Å²) in [7, 11) is 0. The van der Waals surface area contributed by atoms with Crippen molar-refractivity contribution in [3.05, 3.63) is 22.7 Å². The monoisotopic (exact) mass is 265 g/mol. The van der Waals surface area contributed by atoms with Crippen molar-refractivity contribution in [1.29, 1.82) is 0 Å². The first kappa shape index (κ1) is 14.1. The highest BCUT2D eigenvalue weighted by molar-refractivity contribution is 5.31. The second-order valence-corrected chi connectivity index (χ2v) is 5.44. The number of nitrogens with zero attached hydrogens (tertiary/aromatic N) is 2. The highest BCUT2D eigenvalue weighted by Gasteiger charge is 2.27. The second kappa shape index (κ2) is 5.74. The Morgan fingerprint density at radius 1 is 1.47 bits per heavy atom. The molecule has 5 heteroatoms. The molecule has 1 aromatic rings. The highest BCUT2D eigenvalue weighted by Crippen LogP contribution is 2.33. The average molecular weight is 265 g/mol. The number of aliphatic hydroxyl groups is 1. The highest BCUT2D eigenvalue weighted by atomic mass is 16.3. The molecule has 19 heavy (non-hydrogen) atoms. The molecule has 0 bridgehead atoms. The molecule has 106 valence electrons. The third-order valence-electron chi connectivity index (χ3n) is 4.27. The fraction of sp³-hybridized carbons (Fsp3) is 0.714. The van der Waals surface area contributed by atoms with E-state index in [1.807, 2.05) is 0 Å². The van der Waals surface area contributed by atoms with Crippen molar-refractivity contribution in [1.82, 2.24) is 9.55 Å². The lowest BCUT2D eigenvalue weighted by molar-refractivity contribution is 0.127. The van der Waals surface area contributed by atoms with Crippen LogP contribution in [0.1, 0.15) is 45.6 Å². The van der Waals surface area contributed by atoms with Gasteiger partial charge in [-0.25, -0.2) is 4.98 Å². The Morgan fingerprint density at radius 3 is 2.68 bits per heavy atom. The molecule has 1 aromatic heterocycles. The van der Waals surface area contributed by atoms with Gasteiger partial charge in [0.25, 0.3) is 5.56 Å². The Morgan fingerprint density at radius 2 is 2.16 bits per heavy atom. The minimum absolute atomic E-state index is 0.0518. The van der Waals surface area contributed by atoms with Crippen LogP contribution in [0.3, 0.4) is 0 Å². The first-order chi connectivity index (χ1) is 9.15. The summed E-state index contributed by atoms with van der Waals surface area (Å²) in [5.74, 6) is 0.397. The van der Waals surface area contributed by atoms with E-state index >= 15 is 0 Å². The first-order valence-electron chi connectivity index (χ1n) is 7.07. The minimum atomic E-state index is -0.172. The number of hydrogen-bond acceptors (Lipinski definition) is 4. The second-order valence-electron chi connectivity index (χ2n) is 5.44. The number of hydrogen-bond donors (Lipinski definition) is 2. The summed E-state index contributed by atoms with van der Waals surface area (Å²) in [5, 5.41) is 12.7. The standard InChI is InChI=1S/C14H23N3O2/c1-3-14(4-2,10-18)9-16-12-13(19)17(8-7-15-12)11-5-6-11/h7-8,11,18H,3-6,9-10H2,1-2H3,(H,15,16). The van der Waals surface area contributed by atoms with Gasteiger partial charge in [0, 0.05) is 30.4 Å². The van der Waals surface area contributed by atoms with Gasteiger partial charge in [-0.1, -0.05) is 13.8 Å². The van der Waals surface area contributed by atoms with Crippen LogP contribution >= 0.6 is 0 Å². The van der Waals surface area contributed by atoms with Crippen LogP contribution in [0, 0.1) is 5.41 Å². The average Bonchev–Trinajstić information content (AvgIpc) is 3.27. The van der Waals surface area contributed by atoms with Crippen molar-refractivity contribution < 1.29 is 5.11 Å². The van der Waals surface area contributed by atoms with Gasteiger partial charge in [-0.2, -0.15) is 0 Å². The summed E-state index contributed by atoms with van der Waals surface area (Å²) >= 11 is 0. The Kier molecular flexibility index (Phi) is 4.24. The number of rotatable bonds is 7. The summed E-state index contributed by atoms with van der Waals surface area (Å²) < 4.78 is 1.76. The maximum atomic E-state index is 12.2. The van der Waals surface area contributed by atoms with E-state index in [2.05, 4.69) is 24.1 Å². The van der Waals surface area contributed by atoms with Gasteiger partial charge in [0.2, 0.25) is 0 Å². The lowest BCUT2D eigenvalue weighted by Gasteiger charge is -2.29. The number of aliphatic hydroxyl groups excluding tert-OH is 1. The molecular weight excluding hydrogens is 242 g/mol. The zero-order valence-corrected chi connectivity index (χ0v) is 11.7. The SMILES string of the molecule is CCC(CC)(CO)CNc1nccn(C2CC2)c1=O. The van der Waals surface area contributed by atoms with Crippen LogP contribution in [0.25, 0.3) is 0 Å². The van der Waals surface area contributed by atoms with Crippen molar-refractivity contribution in [3.63, 3.8) is 0 Å². The smallest absolute Gasteiger partial charge is 0.293 e. The van der Waals surface area contributed by atoms with Crippen LogP contribution in [0.2, 0.25) is 0 Å². The molecule has 0 spiro atoms. The lowest BCUT2D eigenvalue weighted by Crippen LogP contribution is -2.34. The molecule has 5 nitrogen and oxygen atoms in total. The van der Waals surface area contributed by atoms with Crippen molar-refractivity contribution in [3.8, 4) is 0 Å². The van der Waals surface area contributed by atoms with E-state index in [4.69, 9.17) is 0 Å². The van der Waals surface area contributed by atoms with Gasteiger partial charge in [-0.15, -0.1) is 0 Å². The molecule has 0 atom stereocenters. The Balaban J connectivity index is 2.11. The van der Waals surface area contributed by atoms with Gasteiger partial charge >= 0.3 is 0 Å². The van der Waals surface area contributed by atoms with Gasteiger partial charge in [0.05, 0.1) is 6.61 Å². The lowest BCUT2D eigenvalue weighted by atomic mass is 9.83. The van der Waals surface area contributed by atoms with Crippen molar-refractivity contribution in [2.45, 2.75) is 45.6 Å². The van der Waals surface area contributed by atoms with Gasteiger partial charge in [0.1, 0.15) is 0 Å². The summed E-state index contributed by atoms with van der Waals surface area (Å²) in [6.45, 7) is 4.81. The van der Waals surface area contributed by atoms with Crippen molar-refractivity contribution in [2.75, 3.05) is 18.5 Å². The normalized spacial score (nSPS) is 15.5. The number of nitrogens with one attached hydrogen (secondary N) is 1. The Labute approximate surface area is 113 Å². The largest absolute Gasteiger partial charge is 0.396 e. The Hall–Kier alpha value is -1.36. The molecule has 0 radical (unpaired) electrons. The number of aromatic nitrogens is 2. The molecule has 0 amide bonds. The predicted octanol–water partition coefficient (Wildman–Crippen LogP) is 1.79. The van der Waals surface area contributed by atoms with E-state index in [1.54, 1.807) is 17.0 Å². The third kappa shape index (κ3) is 2.97. The number of anilines is 1. The van der Waals surface area contributed by atoms with Gasteiger partial charge in [-0.3, -0.25) is 4.79 Å². The molecule has 0 saturated heterocycles. The molecule has 1 heterocycles. The fourth-order valence-electron chi connectivity index (χ4n) is 2.24. The van der Waals surface area contributed by atoms with E-state index in [0.717, 1.165) is 25.7 Å². The quantitative estimate of drug-likeness (QED) is 0.788. The molecule has 1 aliphatic rings. The molecular formula is C14H23N3O2. The zero-order valence-electron chi connectivity index (χ0n) is 11.7. The van der Waals surface area contributed by atoms with Crippen molar-refractivity contribution in [2.24, 2.45) is 5.41 Å². The van der Waals surface area contributed by atoms with Gasteiger partial charge < -0.3 is 15.0 Å². The van der Waals surface area contributed by atoms with Crippen LogP contribution in [0.4, 0.5) is 5.82 Å². The van der Waals surface area contributed by atoms with Crippen LogP contribution in [-0.4, -0.2) is 27.8 Å². The molecule has 0 unspecified atom stereocenters. The topological polar surface area (TPSA) is 67.2 Å². The van der Waals surface area contributed by atoms with Crippen LogP contribution in [-0.2, 0) is 0 Å². The molecule has 0 aliphatic heterocycles. The molecule has 2 rings (SSSR count). The maximum Gasteiger partial charge on any atom is 0.293 e. The van der Waals surface area contributed by atoms with Crippen LogP contribution < -0.4 is 10.9 Å². The molecule has 1 saturated carbocycles. The van der Waals surface area contributed by atoms with Crippen LogP contribution in [0.5, 0.6) is 0 Å². The summed E-state index contributed by atoms with van der Waals surface area (Å²) in [5.41, 5.74) is -0.224. The van der Waals surface area contributed by atoms with Crippen LogP contribution in [0.15, 0.2) is 17.2 Å². The van der Waals surface area contributed by atoms with E-state index in [1.165, 1.54) is 0 Å². The molecule has 1 aliphatic carbocycles. The van der Waals surface area contributed by atoms with E-state index in [9.17, 15) is 9.90 Å². The first-order valence-corrected chi connectivity index (χ1v) is 7.07. The predicted molar refractivity (Wildman–Crippen MR) is 75.4 cm³/mol. The van der Waals surface area contributed by atoms with Gasteiger partial charge in [-0.05, 0) is 25.7 Å². The third-order valence-corrected chi connectivity index (χ3v) is 4.27. The van der Waals surface area contributed by atoms with Crippen molar-refractivity contribution >= 4 is 5.82 Å². The zero-order chi connectivity index (χ0) is 13.9. The van der Waals surface area contributed by atoms with E-state index < -0.39 is 0 Å². The Bertz CT molecular complexity index is 468. The maximum absolute atomic E-state index is 12.2. The fourth-order valence-corrected chi connectivity index (χ4v) is 2.24. The van der Waals surface area contributed by atoms with Gasteiger partial charge in [0.15, 0.2) is 5.82 Å². The van der Waals surface area contributed by atoms with E-state index in [0.29, 0.717) is 18.4 Å². The molecule has 2 N–H and O–H groups in total. The minimum Gasteiger partial charge on any atom is -0.396 e. The van der Waals surface area contributed by atoms with E-state index in [-0.39, 0.29) is 17.6 Å². The summed E-state index contributed by atoms with van der Waals surface area (Å²) in [6, 6.07) is 0.357. The summed E-state index contributed by atoms with van der Waals surface area (Å²) in [4.78, 5) is 16.3.